The molecule has 0 saturated heterocycles. The van der Waals surface area contributed by atoms with Gasteiger partial charge in [0.15, 0.2) is 0 Å². The molecule has 5 nitrogen and oxygen atoms in total. The molecule has 0 saturated carbocycles. The summed E-state index contributed by atoms with van der Waals surface area (Å²) in [7, 11) is 0. The average Bonchev–Trinajstić information content (AvgIpc) is 2.73. The number of benzene rings is 3. The highest BCUT2D eigenvalue weighted by molar-refractivity contribution is 9.10. The standard InChI is InChI=1S/C23H22BrN3O2/c1-16(17-11-13-18(24)14-12-17)25-15-22(28)27-21-10-6-5-9-20(21)23(29)26-19-7-3-2-4-8-19/h2-14,16,25H,15H2,1H3,(H,26,29)(H,27,28)/t16-/m0/s1. The Labute approximate surface area is 178 Å². The lowest BCUT2D eigenvalue weighted by molar-refractivity contribution is -0.115. The van der Waals surface area contributed by atoms with Crippen LogP contribution in [0.3, 0.4) is 0 Å². The molecular weight excluding hydrogens is 430 g/mol. The highest BCUT2D eigenvalue weighted by atomic mass is 79.9. The zero-order valence-electron chi connectivity index (χ0n) is 16.0. The number of carbonyl (C=O) groups is 2. The van der Waals surface area contributed by atoms with Gasteiger partial charge in [-0.2, -0.15) is 0 Å². The molecule has 148 valence electrons. The third kappa shape index (κ3) is 6.01. The first-order chi connectivity index (χ1) is 14.0. The molecule has 0 aromatic heterocycles. The summed E-state index contributed by atoms with van der Waals surface area (Å²) in [6.45, 7) is 2.13. The van der Waals surface area contributed by atoms with Crippen LogP contribution in [-0.2, 0) is 4.79 Å². The molecule has 3 aromatic carbocycles. The van der Waals surface area contributed by atoms with Crippen molar-refractivity contribution >= 4 is 39.1 Å². The van der Waals surface area contributed by atoms with Gasteiger partial charge in [0.25, 0.3) is 5.91 Å². The molecule has 0 bridgehead atoms. The van der Waals surface area contributed by atoms with Crippen LogP contribution in [0.1, 0.15) is 28.9 Å². The molecule has 0 aliphatic heterocycles. The number of carbonyl (C=O) groups excluding carboxylic acids is 2. The van der Waals surface area contributed by atoms with Crippen molar-refractivity contribution in [2.75, 3.05) is 17.2 Å². The molecule has 0 fully saturated rings. The van der Waals surface area contributed by atoms with E-state index < -0.39 is 0 Å². The van der Waals surface area contributed by atoms with Crippen LogP contribution in [0.4, 0.5) is 11.4 Å². The molecule has 0 unspecified atom stereocenters. The Hall–Kier alpha value is -2.96. The van der Waals surface area contributed by atoms with Crippen LogP contribution in [0.15, 0.2) is 83.3 Å². The maximum atomic E-state index is 12.6. The van der Waals surface area contributed by atoms with Crippen LogP contribution in [-0.4, -0.2) is 18.4 Å². The van der Waals surface area contributed by atoms with Gasteiger partial charge in [0.1, 0.15) is 0 Å². The molecule has 3 N–H and O–H groups in total. The Kier molecular flexibility index (Phi) is 7.16. The second-order valence-corrected chi connectivity index (χ2v) is 7.48. The number of para-hydroxylation sites is 2. The predicted octanol–water partition coefficient (Wildman–Crippen LogP) is 4.99. The topological polar surface area (TPSA) is 70.2 Å². The van der Waals surface area contributed by atoms with Gasteiger partial charge in [-0.25, -0.2) is 0 Å². The van der Waals surface area contributed by atoms with E-state index in [1.165, 1.54) is 0 Å². The third-order valence-electron chi connectivity index (χ3n) is 4.42. The zero-order valence-corrected chi connectivity index (χ0v) is 17.6. The summed E-state index contributed by atoms with van der Waals surface area (Å²) in [6, 6.07) is 24.1. The van der Waals surface area contributed by atoms with E-state index in [2.05, 4.69) is 31.9 Å². The number of nitrogens with one attached hydrogen (secondary N) is 3. The van der Waals surface area contributed by atoms with E-state index in [-0.39, 0.29) is 24.4 Å². The number of rotatable bonds is 7. The predicted molar refractivity (Wildman–Crippen MR) is 120 cm³/mol. The van der Waals surface area contributed by atoms with Crippen molar-refractivity contribution in [3.63, 3.8) is 0 Å². The van der Waals surface area contributed by atoms with E-state index in [0.717, 1.165) is 10.0 Å². The van der Waals surface area contributed by atoms with E-state index in [9.17, 15) is 9.59 Å². The van der Waals surface area contributed by atoms with E-state index in [0.29, 0.717) is 16.9 Å². The summed E-state index contributed by atoms with van der Waals surface area (Å²) in [4.78, 5) is 25.0. The zero-order chi connectivity index (χ0) is 20.6. The average molecular weight is 452 g/mol. The summed E-state index contributed by atoms with van der Waals surface area (Å²) >= 11 is 3.42. The second kappa shape index (κ2) is 10.0. The molecule has 3 rings (SSSR count). The molecule has 2 amide bonds. The van der Waals surface area contributed by atoms with E-state index in [1.807, 2.05) is 61.5 Å². The highest BCUT2D eigenvalue weighted by Gasteiger charge is 2.14. The van der Waals surface area contributed by atoms with Gasteiger partial charge in [0.05, 0.1) is 17.8 Å². The summed E-state index contributed by atoms with van der Waals surface area (Å²) in [5.74, 6) is -0.489. The number of hydrogen-bond donors (Lipinski definition) is 3. The fourth-order valence-electron chi connectivity index (χ4n) is 2.82. The lowest BCUT2D eigenvalue weighted by Gasteiger charge is -2.15. The molecule has 0 radical (unpaired) electrons. The Morgan fingerprint density at radius 3 is 2.24 bits per heavy atom. The van der Waals surface area contributed by atoms with E-state index in [4.69, 9.17) is 0 Å². The van der Waals surface area contributed by atoms with Crippen molar-refractivity contribution in [3.05, 3.63) is 94.5 Å². The Morgan fingerprint density at radius 2 is 1.52 bits per heavy atom. The van der Waals surface area contributed by atoms with Gasteiger partial charge in [-0.15, -0.1) is 0 Å². The van der Waals surface area contributed by atoms with Gasteiger partial charge in [-0.3, -0.25) is 9.59 Å². The van der Waals surface area contributed by atoms with Crippen molar-refractivity contribution in [2.24, 2.45) is 0 Å². The smallest absolute Gasteiger partial charge is 0.257 e. The van der Waals surface area contributed by atoms with Gasteiger partial charge in [0, 0.05) is 16.2 Å². The van der Waals surface area contributed by atoms with E-state index >= 15 is 0 Å². The highest BCUT2D eigenvalue weighted by Crippen LogP contribution is 2.18. The van der Waals surface area contributed by atoms with Gasteiger partial charge < -0.3 is 16.0 Å². The first-order valence-electron chi connectivity index (χ1n) is 9.27. The molecule has 1 atom stereocenters. The van der Waals surface area contributed by atoms with Gasteiger partial charge in [-0.05, 0) is 48.9 Å². The summed E-state index contributed by atoms with van der Waals surface area (Å²) < 4.78 is 1.01. The number of halogens is 1. The Morgan fingerprint density at radius 1 is 0.862 bits per heavy atom. The molecule has 0 spiro atoms. The van der Waals surface area contributed by atoms with Crippen LogP contribution >= 0.6 is 15.9 Å². The molecule has 0 heterocycles. The minimum Gasteiger partial charge on any atom is -0.324 e. The summed E-state index contributed by atoms with van der Waals surface area (Å²) in [6.07, 6.45) is 0. The second-order valence-electron chi connectivity index (χ2n) is 6.57. The van der Waals surface area contributed by atoms with Gasteiger partial charge in [0.2, 0.25) is 5.91 Å². The maximum absolute atomic E-state index is 12.6. The van der Waals surface area contributed by atoms with Gasteiger partial charge >= 0.3 is 0 Å². The minimum absolute atomic E-state index is 0.0190. The van der Waals surface area contributed by atoms with Crippen molar-refractivity contribution in [1.29, 1.82) is 0 Å². The normalized spacial score (nSPS) is 11.5. The molecule has 3 aromatic rings. The Bertz CT molecular complexity index is 975. The van der Waals surface area contributed by atoms with Crippen LogP contribution in [0.25, 0.3) is 0 Å². The largest absolute Gasteiger partial charge is 0.324 e. The number of anilines is 2. The Balaban J connectivity index is 1.60. The molecule has 0 aliphatic carbocycles. The SMILES string of the molecule is C[C@H](NCC(=O)Nc1ccccc1C(=O)Nc1ccccc1)c1ccc(Br)cc1. The third-order valence-corrected chi connectivity index (χ3v) is 4.94. The van der Waals surface area contributed by atoms with Crippen LogP contribution in [0.2, 0.25) is 0 Å². The molecule has 29 heavy (non-hydrogen) atoms. The van der Waals surface area contributed by atoms with Gasteiger partial charge in [-0.1, -0.05) is 58.4 Å². The fourth-order valence-corrected chi connectivity index (χ4v) is 3.08. The molecule has 0 aliphatic rings. The minimum atomic E-state index is -0.275. The van der Waals surface area contributed by atoms with Crippen molar-refractivity contribution in [1.82, 2.24) is 5.32 Å². The quantitative estimate of drug-likeness (QED) is 0.473. The summed E-state index contributed by atoms with van der Waals surface area (Å²) in [5, 5.41) is 8.86. The van der Waals surface area contributed by atoms with Crippen LogP contribution in [0.5, 0.6) is 0 Å². The van der Waals surface area contributed by atoms with Crippen LogP contribution in [0, 0.1) is 0 Å². The first-order valence-corrected chi connectivity index (χ1v) is 10.1. The monoisotopic (exact) mass is 451 g/mol. The molecular formula is C23H22BrN3O2. The van der Waals surface area contributed by atoms with Crippen LogP contribution < -0.4 is 16.0 Å². The lowest BCUT2D eigenvalue weighted by Crippen LogP contribution is -2.30. The maximum Gasteiger partial charge on any atom is 0.257 e. The first kappa shape index (κ1) is 20.8. The fraction of sp³-hybridized carbons (Fsp3) is 0.130. The lowest BCUT2D eigenvalue weighted by atomic mass is 10.1. The summed E-state index contributed by atoms with van der Waals surface area (Å²) in [5.41, 5.74) is 2.67. The molecule has 6 heteroatoms. The van der Waals surface area contributed by atoms with Crippen molar-refractivity contribution in [3.8, 4) is 0 Å². The van der Waals surface area contributed by atoms with E-state index in [1.54, 1.807) is 24.3 Å². The van der Waals surface area contributed by atoms with Crippen molar-refractivity contribution in [2.45, 2.75) is 13.0 Å². The number of hydrogen-bond acceptors (Lipinski definition) is 3. The number of amides is 2. The van der Waals surface area contributed by atoms with Crippen molar-refractivity contribution < 1.29 is 9.59 Å².